The first-order valence-electron chi connectivity index (χ1n) is 42.9. The Morgan fingerprint density at radius 3 is 1.58 bits per heavy atom. The first-order valence-corrected chi connectivity index (χ1v) is 48.3. The molecule has 0 spiro atoms. The minimum atomic E-state index is -4.86. The molecule has 13 aromatic rings. The molecule has 39 nitrogen and oxygen atoms in total. The molecular weight excluding hydrogens is 2050 g/mol. The fourth-order valence-electron chi connectivity index (χ4n) is 11.8. The van der Waals surface area contributed by atoms with Gasteiger partial charge in [0.1, 0.15) is 86.2 Å². The summed E-state index contributed by atoms with van der Waals surface area (Å²) >= 11 is 20.3. The number of anilines is 2. The van der Waals surface area contributed by atoms with Gasteiger partial charge < -0.3 is 65.2 Å². The van der Waals surface area contributed by atoms with E-state index in [0.717, 1.165) is 93.6 Å². The van der Waals surface area contributed by atoms with Crippen LogP contribution in [0.15, 0.2) is 129 Å². The quantitative estimate of drug-likeness (QED) is 0.00257. The van der Waals surface area contributed by atoms with E-state index in [-0.39, 0.29) is 75.8 Å². The number of ether oxygens (including phenoxy) is 4. The largest absolute Gasteiger partial charge is 0.465 e. The number of hydroxylamine groups is 2. The van der Waals surface area contributed by atoms with E-state index in [4.69, 9.17) is 92.2 Å². The monoisotopic (exact) mass is 2160 g/mol. The number of benzene rings is 2. The molecular formula is C92H111BrCl3F6N23O16S2. The second kappa shape index (κ2) is 60.1. The molecule has 0 aliphatic carbocycles. The molecule has 11 aromatic heterocycles. The first kappa shape index (κ1) is 124. The third-order valence-electron chi connectivity index (χ3n) is 18.1. The number of nitrogens with zero attached hydrogens (tertiary/aromatic N) is 13. The number of aromatic nitrogens is 16. The lowest BCUT2D eigenvalue weighted by Gasteiger charge is -2.17. The molecule has 12 N–H and O–H groups in total. The topological polar surface area (TPSA) is 577 Å². The number of esters is 1. The zero-order valence-corrected chi connectivity index (χ0v) is 86.9. The van der Waals surface area contributed by atoms with Gasteiger partial charge in [-0.25, -0.2) is 68.3 Å². The number of nitriles is 1. The molecule has 0 bridgehead atoms. The van der Waals surface area contributed by atoms with Gasteiger partial charge in [0.15, 0.2) is 16.1 Å². The molecule has 0 saturated heterocycles. The van der Waals surface area contributed by atoms with Crippen molar-refractivity contribution in [3.8, 4) is 6.07 Å². The van der Waals surface area contributed by atoms with Crippen LogP contribution in [-0.2, 0) is 82.6 Å². The number of nitrogens with two attached hydrogens (primary N) is 2. The van der Waals surface area contributed by atoms with E-state index in [0.29, 0.717) is 106 Å². The van der Waals surface area contributed by atoms with Crippen LogP contribution in [0.2, 0.25) is 15.2 Å². The number of alkyl halides is 7. The predicted molar refractivity (Wildman–Crippen MR) is 531 cm³/mol. The number of ketones is 1. The van der Waals surface area contributed by atoms with Gasteiger partial charge in [0, 0.05) is 99.4 Å². The second-order valence-electron chi connectivity index (χ2n) is 30.2. The third kappa shape index (κ3) is 41.2. The highest BCUT2D eigenvalue weighted by Crippen LogP contribution is 2.39. The van der Waals surface area contributed by atoms with Crippen LogP contribution < -0.4 is 27.3 Å². The number of pyridine rings is 2. The Labute approximate surface area is 843 Å². The van der Waals surface area contributed by atoms with Gasteiger partial charge >= 0.3 is 24.5 Å². The third-order valence-corrected chi connectivity index (χ3v) is 23.4. The summed E-state index contributed by atoms with van der Waals surface area (Å²) in [6, 6.07) is 16.3. The summed E-state index contributed by atoms with van der Waals surface area (Å²) in [6.07, 6.45) is 1.99. The molecule has 13 rings (SSSR count). The van der Waals surface area contributed by atoms with Crippen molar-refractivity contribution in [1.82, 2.24) is 84.8 Å². The fraction of sp³-hybridized carbons (Fsp3) is 0.380. The minimum Gasteiger partial charge on any atom is -0.465 e. The molecule has 143 heavy (non-hydrogen) atoms. The first-order chi connectivity index (χ1) is 67.1. The number of halogens is 10. The zero-order valence-electron chi connectivity index (χ0n) is 81.4. The average Bonchev–Trinajstić information content (AvgIpc) is 1.71. The fourth-order valence-corrected chi connectivity index (χ4v) is 15.0. The molecule has 0 fully saturated rings. The molecule has 0 aliphatic heterocycles. The maximum Gasteiger partial charge on any atom is 0.417 e. The highest BCUT2D eigenvalue weighted by atomic mass is 79.9. The van der Waals surface area contributed by atoms with Crippen molar-refractivity contribution in [1.29, 1.82) is 10.7 Å². The molecule has 1 amide bonds. The van der Waals surface area contributed by atoms with Gasteiger partial charge in [0.2, 0.25) is 11.8 Å². The summed E-state index contributed by atoms with van der Waals surface area (Å²) in [4.78, 5) is 140. The van der Waals surface area contributed by atoms with Crippen LogP contribution in [0.25, 0.3) is 49.0 Å². The van der Waals surface area contributed by atoms with E-state index < -0.39 is 92.9 Å². The lowest BCUT2D eigenvalue weighted by Crippen LogP contribution is -2.28. The van der Waals surface area contributed by atoms with Crippen LogP contribution in [-0.4, -0.2) is 196 Å². The van der Waals surface area contributed by atoms with E-state index in [1.54, 1.807) is 78.3 Å². The molecule has 2 aromatic carbocycles. The lowest BCUT2D eigenvalue weighted by molar-refractivity contribution is -0.191. The van der Waals surface area contributed by atoms with Crippen molar-refractivity contribution in [2.45, 2.75) is 190 Å². The van der Waals surface area contributed by atoms with Crippen molar-refractivity contribution >= 4 is 156 Å². The molecule has 0 saturated carbocycles. The number of carbonyl (C=O) groups is 3. The number of carbonyl (C=O) groups excluding carboxylic acids is 5. The number of aromatic amines is 6. The van der Waals surface area contributed by atoms with E-state index in [2.05, 4.69) is 124 Å². The normalized spacial score (nSPS) is 11.2. The standard InChI is InChI=1S/C21H15ClF3N5O3S.C17H16ClF3N2O4S.C11H19N3O3.C9H17NO.C8H9N3.C7H6ClN3.C7H7N3O.C5H7NO2.C4H9Br.C2H6N2.CO2/c1-10-7-16(30-34(32,33)12-3-4-15(22)14(8-12)21(23,24)25)18(27-9-10)19(31)17-13-5-6-26-20(13)29-11(2)28-17;1-10-6-11(15(22-8-10)16(24)23(2)27-3)9-28(25,26)12-4-5-14(18)13(7-12)17(19,20)21;1-4-16-9(17-5-2)6-8-10(12)13-7(3)14-11(8)15;1-5-9(10-4)7-8(3)11-6-2;1-5-7-3-4-9-8(7)11-6(2)10-5;1-4-10-6(8)5-2-3-9-7(5)11-4;1-4-9-6-5(2-3-8-6)7(11)10-4;1-2-8-5(7)3-4-6;1-4(2)3-5;1-2(3)4;2-1-3/h3-9,30H,1-2H3,(H,26,28,29);4-8H,9H2,1-3H3;9H,4-6H2,1-3H3,(H3,12,13,14,15);8-9H,5-7H2,1-3H3;3-4H,1-2H3,(H,9,10,11);2-3H,1H3,(H,9,10,11);2-3H,1H3,(H2,8,9,10,11);2-3H2,1H3;4H,3H2,1-2H3;1H3,(H3,3,4);. The number of H-pyrrole nitrogens is 6. The van der Waals surface area contributed by atoms with Gasteiger partial charge in [0.25, 0.3) is 27.0 Å². The maximum atomic E-state index is 13.3. The average molecular weight is 2160 g/mol. The summed E-state index contributed by atoms with van der Waals surface area (Å²) in [5.41, 5.74) is 12.2. The van der Waals surface area contributed by atoms with Gasteiger partial charge in [-0.05, 0) is 186 Å². The van der Waals surface area contributed by atoms with Gasteiger partial charge in [-0.3, -0.25) is 48.9 Å². The maximum absolute atomic E-state index is 13.3. The Morgan fingerprint density at radius 2 is 1.09 bits per heavy atom. The molecule has 2 atom stereocenters. The van der Waals surface area contributed by atoms with Crippen molar-refractivity contribution in [3.63, 3.8) is 0 Å². The number of amides is 1. The van der Waals surface area contributed by atoms with Gasteiger partial charge in [-0.1, -0.05) is 77.6 Å². The number of hydrogen-bond donors (Lipinski definition) is 10. The van der Waals surface area contributed by atoms with E-state index in [1.165, 1.54) is 45.6 Å². The lowest BCUT2D eigenvalue weighted by atomic mass is 10.1. The van der Waals surface area contributed by atoms with E-state index >= 15 is 0 Å². The number of fused-ring (bicyclic) bond motifs is 4. The summed E-state index contributed by atoms with van der Waals surface area (Å²) in [7, 11) is -6.21. The number of sulfonamides is 1. The van der Waals surface area contributed by atoms with Crippen molar-refractivity contribution in [2.75, 3.05) is 56.4 Å². The summed E-state index contributed by atoms with van der Waals surface area (Å²) < 4.78 is 153. The van der Waals surface area contributed by atoms with Crippen LogP contribution in [0.5, 0.6) is 0 Å². The minimum absolute atomic E-state index is 0.00796. The smallest absolute Gasteiger partial charge is 0.417 e. The molecule has 51 heteroatoms. The molecule has 0 aliphatic rings. The van der Waals surface area contributed by atoms with Crippen LogP contribution >= 0.6 is 50.7 Å². The van der Waals surface area contributed by atoms with Crippen molar-refractivity contribution < 1.29 is 90.9 Å². The number of hydrogen-bond acceptors (Lipinski definition) is 29. The zero-order chi connectivity index (χ0) is 108. The number of aryl methyl sites for hydroxylation is 8. The predicted octanol–water partition coefficient (Wildman–Crippen LogP) is 17.4. The Hall–Kier alpha value is -13.4. The second-order valence-corrected chi connectivity index (χ2v) is 35.7. The highest BCUT2D eigenvalue weighted by Gasteiger charge is 2.37. The molecule has 2 unspecified atom stereocenters. The summed E-state index contributed by atoms with van der Waals surface area (Å²) in [5, 5.41) is 18.4. The summed E-state index contributed by atoms with van der Waals surface area (Å²) in [6.45, 7) is 40.3. The van der Waals surface area contributed by atoms with Gasteiger partial charge in [-0.2, -0.15) is 41.2 Å². The Kier molecular flexibility index (Phi) is 52.1. The van der Waals surface area contributed by atoms with Crippen LogP contribution in [0.4, 0.5) is 37.8 Å². The molecule has 0 radical (unpaired) electrons. The van der Waals surface area contributed by atoms with Gasteiger partial charge in [0.05, 0.1) is 96.2 Å². The Balaban J connectivity index is 0.000000432. The van der Waals surface area contributed by atoms with E-state index in [9.17, 15) is 67.2 Å². The number of nitrogen functional groups attached to an aromatic ring is 1. The number of sulfone groups is 1. The van der Waals surface area contributed by atoms with E-state index in [1.807, 2.05) is 73.7 Å². The van der Waals surface area contributed by atoms with Gasteiger partial charge in [-0.15, -0.1) is 0 Å². The highest BCUT2D eigenvalue weighted by molar-refractivity contribution is 9.09. The van der Waals surface area contributed by atoms with Crippen LogP contribution in [0.3, 0.4) is 0 Å². The van der Waals surface area contributed by atoms with Crippen molar-refractivity contribution in [3.05, 3.63) is 243 Å². The Bertz CT molecular complexity index is 6820. The number of nitrogens with one attached hydrogen (secondary N) is 8. The Morgan fingerprint density at radius 1 is 0.636 bits per heavy atom. The van der Waals surface area contributed by atoms with Crippen LogP contribution in [0.1, 0.15) is 176 Å². The molecule has 11 heterocycles. The summed E-state index contributed by atoms with van der Waals surface area (Å²) in [5.74, 6) is 1.57. The van der Waals surface area contributed by atoms with Crippen molar-refractivity contribution in [2.24, 2.45) is 11.7 Å². The number of amidine groups is 1. The van der Waals surface area contributed by atoms with Crippen LogP contribution in [0, 0.1) is 84.6 Å². The molecule has 772 valence electrons. The number of rotatable bonds is 24. The SMILES string of the molecule is CC(=N)N.CC(C)CBr.CCOC(=O)CC#N.CCOC(Cc1c(N)nc(C)[nH]c1=O)OCC.CON(C)C(=O)c1ncc(C)cc1CS(=O)(=O)c1ccc(Cl)c(C(F)(F)F)c1.Cc1cnc(C(=O)c2nc(C)nc3[nH]ccc23)c(NS(=O)(=O)c2ccc(Cl)c(C(F)(F)F)c2)c1.Cc1nc(C)c2cc[nH]c2n1.Cc1nc(Cl)c2cc[nH]c2n1.Cc1nc2[nH]ccc2c(=O)[nH]1.O=C=O.[C-]#[N+]C(CC)CC(C)OCC.